The van der Waals surface area contributed by atoms with Crippen molar-refractivity contribution < 1.29 is 5.11 Å². The number of hydrogen-bond donors (Lipinski definition) is 1. The zero-order valence-corrected chi connectivity index (χ0v) is 13.6. The summed E-state index contributed by atoms with van der Waals surface area (Å²) >= 11 is 5.91. The van der Waals surface area contributed by atoms with E-state index < -0.39 is 0 Å². The molecule has 2 aromatic heterocycles. The summed E-state index contributed by atoms with van der Waals surface area (Å²) in [6, 6.07) is 5.03. The molecule has 0 aromatic carbocycles. The maximum Gasteiger partial charge on any atom is 0.258 e. The number of fused-ring (bicyclic) bond motifs is 1. The topological polar surface area (TPSA) is 57.8 Å². The lowest BCUT2D eigenvalue weighted by molar-refractivity contribution is 0.214. The van der Waals surface area contributed by atoms with Crippen molar-refractivity contribution in [1.82, 2.24) is 14.3 Å². The van der Waals surface area contributed by atoms with Gasteiger partial charge in [0.15, 0.2) is 0 Å². The van der Waals surface area contributed by atoms with Gasteiger partial charge in [-0.25, -0.2) is 4.98 Å². The van der Waals surface area contributed by atoms with Gasteiger partial charge < -0.3 is 5.11 Å². The van der Waals surface area contributed by atoms with Gasteiger partial charge in [-0.3, -0.25) is 14.1 Å². The second kappa shape index (κ2) is 8.27. The molecule has 1 N–H and O–H groups in total. The Hall–Kier alpha value is -1.43. The zero-order chi connectivity index (χ0) is 15.9. The van der Waals surface area contributed by atoms with Crippen molar-refractivity contribution in [3.63, 3.8) is 0 Å². The van der Waals surface area contributed by atoms with Crippen molar-refractivity contribution in [2.45, 2.75) is 32.7 Å². The summed E-state index contributed by atoms with van der Waals surface area (Å²) in [6.45, 7) is 4.69. The maximum atomic E-state index is 12.2. The van der Waals surface area contributed by atoms with E-state index >= 15 is 0 Å². The van der Waals surface area contributed by atoms with E-state index in [0.717, 1.165) is 38.0 Å². The minimum absolute atomic E-state index is 0.125. The molecule has 0 saturated carbocycles. The Kier molecular flexibility index (Phi) is 6.36. The molecule has 2 rings (SSSR count). The van der Waals surface area contributed by atoms with Crippen molar-refractivity contribution in [3.05, 3.63) is 45.5 Å². The molecule has 0 amide bonds. The van der Waals surface area contributed by atoms with Crippen LogP contribution in [0.5, 0.6) is 0 Å². The molecule has 0 aliphatic heterocycles. The number of rotatable bonds is 8. The van der Waals surface area contributed by atoms with Gasteiger partial charge in [-0.05, 0) is 31.5 Å². The fourth-order valence-electron chi connectivity index (χ4n) is 2.38. The van der Waals surface area contributed by atoms with Crippen LogP contribution in [-0.2, 0) is 6.54 Å². The van der Waals surface area contributed by atoms with E-state index in [4.69, 9.17) is 16.7 Å². The number of aliphatic hydroxyl groups is 1. The summed E-state index contributed by atoms with van der Waals surface area (Å²) in [5.41, 5.74) is 1.23. The smallest absolute Gasteiger partial charge is 0.258 e. The predicted molar refractivity (Wildman–Crippen MR) is 88.4 cm³/mol. The molecule has 0 saturated heterocycles. The number of halogens is 1. The average Bonchev–Trinajstić information content (AvgIpc) is 2.51. The Morgan fingerprint density at radius 3 is 2.82 bits per heavy atom. The van der Waals surface area contributed by atoms with Gasteiger partial charge in [-0.1, -0.05) is 24.9 Å². The zero-order valence-electron chi connectivity index (χ0n) is 12.8. The molecule has 5 nitrogen and oxygen atoms in total. The second-order valence-electron chi connectivity index (χ2n) is 5.37. The number of nitrogens with zero attached hydrogens (tertiary/aromatic N) is 3. The molecule has 0 bridgehead atoms. The largest absolute Gasteiger partial charge is 0.396 e. The first kappa shape index (κ1) is 16.9. The highest BCUT2D eigenvalue weighted by Gasteiger charge is 2.09. The van der Waals surface area contributed by atoms with E-state index in [1.54, 1.807) is 24.4 Å². The molecule has 22 heavy (non-hydrogen) atoms. The number of aromatic nitrogens is 2. The van der Waals surface area contributed by atoms with Gasteiger partial charge in [0.1, 0.15) is 5.65 Å². The first-order chi connectivity index (χ1) is 10.6. The van der Waals surface area contributed by atoms with Crippen molar-refractivity contribution in [1.29, 1.82) is 0 Å². The third-order valence-electron chi connectivity index (χ3n) is 3.52. The Labute approximate surface area is 135 Å². The summed E-state index contributed by atoms with van der Waals surface area (Å²) in [7, 11) is 0. The van der Waals surface area contributed by atoms with Crippen molar-refractivity contribution >= 4 is 17.2 Å². The minimum Gasteiger partial charge on any atom is -0.396 e. The third kappa shape index (κ3) is 4.53. The van der Waals surface area contributed by atoms with Crippen LogP contribution < -0.4 is 5.56 Å². The lowest BCUT2D eigenvalue weighted by Gasteiger charge is -2.21. The van der Waals surface area contributed by atoms with E-state index in [-0.39, 0.29) is 12.2 Å². The van der Waals surface area contributed by atoms with Crippen LogP contribution >= 0.6 is 11.6 Å². The summed E-state index contributed by atoms with van der Waals surface area (Å²) in [5.74, 6) is 0. The summed E-state index contributed by atoms with van der Waals surface area (Å²) < 4.78 is 1.45. The van der Waals surface area contributed by atoms with E-state index in [0.29, 0.717) is 17.2 Å². The highest BCUT2D eigenvalue weighted by atomic mass is 35.5. The van der Waals surface area contributed by atoms with Crippen LogP contribution in [-0.4, -0.2) is 39.1 Å². The van der Waals surface area contributed by atoms with Gasteiger partial charge in [-0.15, -0.1) is 0 Å². The van der Waals surface area contributed by atoms with Gasteiger partial charge >= 0.3 is 0 Å². The second-order valence-corrected chi connectivity index (χ2v) is 5.80. The fourth-order valence-corrected chi connectivity index (χ4v) is 2.54. The normalized spacial score (nSPS) is 11.5. The average molecular weight is 324 g/mol. The molecule has 6 heteroatoms. The van der Waals surface area contributed by atoms with Crippen molar-refractivity contribution in [2.75, 3.05) is 19.7 Å². The molecule has 2 aromatic rings. The molecule has 0 spiro atoms. The van der Waals surface area contributed by atoms with Crippen molar-refractivity contribution in [2.24, 2.45) is 0 Å². The molecular weight excluding hydrogens is 302 g/mol. The first-order valence-electron chi connectivity index (χ1n) is 7.65. The summed E-state index contributed by atoms with van der Waals surface area (Å²) in [4.78, 5) is 18.9. The Balaban J connectivity index is 2.21. The first-order valence-corrected chi connectivity index (χ1v) is 8.03. The highest BCUT2D eigenvalue weighted by Crippen LogP contribution is 2.10. The lowest BCUT2D eigenvalue weighted by Crippen LogP contribution is -2.28. The van der Waals surface area contributed by atoms with Crippen molar-refractivity contribution in [3.8, 4) is 0 Å². The molecule has 0 atom stereocenters. The van der Waals surface area contributed by atoms with Crippen LogP contribution in [0.25, 0.3) is 5.65 Å². The Morgan fingerprint density at radius 1 is 1.32 bits per heavy atom. The maximum absolute atomic E-state index is 12.2. The highest BCUT2D eigenvalue weighted by molar-refractivity contribution is 6.30. The number of unbranched alkanes of at least 4 members (excludes halogenated alkanes) is 1. The van der Waals surface area contributed by atoms with Crippen LogP contribution in [0.3, 0.4) is 0 Å². The monoisotopic (exact) mass is 323 g/mol. The molecule has 0 fully saturated rings. The van der Waals surface area contributed by atoms with Gasteiger partial charge in [0.25, 0.3) is 5.56 Å². The summed E-state index contributed by atoms with van der Waals surface area (Å²) in [6.07, 6.45) is 4.51. The Bertz CT molecular complexity index is 664. The molecule has 2 heterocycles. The van der Waals surface area contributed by atoms with E-state index in [1.807, 2.05) is 0 Å². The molecule has 0 aliphatic carbocycles. The standard InChI is InChI=1S/C16H22ClN3O2/c1-2-3-7-19(8-4-9-21)12-14-10-16(22)20-11-13(17)5-6-15(20)18-14/h5-6,10-11,21H,2-4,7-9,12H2,1H3. The van der Waals surface area contributed by atoms with Crippen LogP contribution in [0.4, 0.5) is 0 Å². The van der Waals surface area contributed by atoms with Crippen LogP contribution in [0, 0.1) is 0 Å². The Morgan fingerprint density at radius 2 is 2.09 bits per heavy atom. The predicted octanol–water partition coefficient (Wildman–Crippen LogP) is 2.33. The van der Waals surface area contributed by atoms with Crippen LogP contribution in [0.2, 0.25) is 5.02 Å². The summed E-state index contributed by atoms with van der Waals surface area (Å²) in [5, 5.41) is 9.52. The van der Waals surface area contributed by atoms with Crippen LogP contribution in [0.1, 0.15) is 31.9 Å². The van der Waals surface area contributed by atoms with Gasteiger partial charge in [0.2, 0.25) is 0 Å². The molecule has 0 aliphatic rings. The third-order valence-corrected chi connectivity index (χ3v) is 3.75. The number of pyridine rings is 1. The van der Waals surface area contributed by atoms with Gasteiger partial charge in [0.05, 0.1) is 10.7 Å². The SMILES string of the molecule is CCCCN(CCCO)Cc1cc(=O)n2cc(Cl)ccc2n1. The van der Waals surface area contributed by atoms with Crippen LogP contribution in [0.15, 0.2) is 29.2 Å². The molecule has 120 valence electrons. The number of hydrogen-bond acceptors (Lipinski definition) is 4. The van der Waals surface area contributed by atoms with E-state index in [9.17, 15) is 4.79 Å². The molecule has 0 unspecified atom stereocenters. The molecule has 0 radical (unpaired) electrons. The minimum atomic E-state index is -0.125. The lowest BCUT2D eigenvalue weighted by atomic mass is 10.2. The number of aliphatic hydroxyl groups excluding tert-OH is 1. The van der Waals surface area contributed by atoms with Gasteiger partial charge in [0, 0.05) is 32.0 Å². The molecular formula is C16H22ClN3O2. The fraction of sp³-hybridized carbons (Fsp3) is 0.500. The quantitative estimate of drug-likeness (QED) is 0.810. The van der Waals surface area contributed by atoms with E-state index in [1.165, 1.54) is 4.40 Å². The van der Waals surface area contributed by atoms with Gasteiger partial charge in [-0.2, -0.15) is 0 Å². The van der Waals surface area contributed by atoms with E-state index in [2.05, 4.69) is 16.8 Å².